The van der Waals surface area contributed by atoms with Gasteiger partial charge >= 0.3 is 6.61 Å². The predicted molar refractivity (Wildman–Crippen MR) is 95.9 cm³/mol. The molecule has 26 heavy (non-hydrogen) atoms. The second-order valence-corrected chi connectivity index (χ2v) is 6.08. The van der Waals surface area contributed by atoms with Gasteiger partial charge in [-0.05, 0) is 50.1 Å². The Bertz CT molecular complexity index is 819. The lowest BCUT2D eigenvalue weighted by atomic mass is 10.0. The lowest BCUT2D eigenvalue weighted by Gasteiger charge is -2.13. The van der Waals surface area contributed by atoms with Gasteiger partial charge in [-0.15, -0.1) is 0 Å². The van der Waals surface area contributed by atoms with Gasteiger partial charge in [-0.1, -0.05) is 18.2 Å². The molecule has 138 valence electrons. The number of anilines is 1. The minimum atomic E-state index is -2.93. The van der Waals surface area contributed by atoms with E-state index in [0.717, 1.165) is 11.1 Å². The molecule has 0 saturated carbocycles. The molecule has 1 amide bonds. The number of halogens is 2. The smallest absolute Gasteiger partial charge is 0.387 e. The van der Waals surface area contributed by atoms with Crippen LogP contribution in [0, 0.1) is 20.8 Å². The van der Waals surface area contributed by atoms with E-state index in [9.17, 15) is 18.4 Å². The Morgan fingerprint density at radius 1 is 1.04 bits per heavy atom. The number of carbonyl (C=O) groups excluding carboxylic acids is 2. The molecular weight excluding hydrogens is 340 g/mol. The minimum Gasteiger partial charge on any atom is -0.434 e. The third-order valence-electron chi connectivity index (χ3n) is 4.18. The quantitative estimate of drug-likeness (QED) is 0.720. The van der Waals surface area contributed by atoms with Crippen molar-refractivity contribution in [3.8, 4) is 5.75 Å². The molecule has 0 heterocycles. The van der Waals surface area contributed by atoms with Gasteiger partial charge in [0, 0.05) is 29.7 Å². The van der Waals surface area contributed by atoms with E-state index in [1.54, 1.807) is 19.1 Å². The van der Waals surface area contributed by atoms with Crippen molar-refractivity contribution < 1.29 is 23.1 Å². The van der Waals surface area contributed by atoms with Crippen LogP contribution in [0.3, 0.4) is 0 Å². The van der Waals surface area contributed by atoms with Crippen molar-refractivity contribution in [2.24, 2.45) is 0 Å². The number of ether oxygens (including phenoxy) is 1. The standard InChI is InChI=1S/C20H21F2NO3/c1-12-7-8-15(11-13(12)2)17(24)9-10-19(25)23-16-5-4-6-18(14(16)3)26-20(21)22/h4-8,11,20H,9-10H2,1-3H3,(H,23,25). The maximum atomic E-state index is 12.4. The highest BCUT2D eigenvalue weighted by Gasteiger charge is 2.14. The average Bonchev–Trinajstić information content (AvgIpc) is 2.58. The van der Waals surface area contributed by atoms with E-state index >= 15 is 0 Å². The number of Topliss-reactive ketones (excluding diaryl/α,β-unsaturated/α-hetero) is 1. The Labute approximate surface area is 151 Å². The molecular formula is C20H21F2NO3. The lowest BCUT2D eigenvalue weighted by molar-refractivity contribution is -0.116. The maximum absolute atomic E-state index is 12.4. The molecule has 0 unspecified atom stereocenters. The molecule has 2 aromatic rings. The summed E-state index contributed by atoms with van der Waals surface area (Å²) in [5.41, 5.74) is 3.48. The first kappa shape index (κ1) is 19.6. The van der Waals surface area contributed by atoms with Crippen molar-refractivity contribution in [3.63, 3.8) is 0 Å². The second-order valence-electron chi connectivity index (χ2n) is 6.08. The normalized spacial score (nSPS) is 10.7. The summed E-state index contributed by atoms with van der Waals surface area (Å²) in [6.07, 6.45) is 0.0751. The Hall–Kier alpha value is -2.76. The first-order valence-corrected chi connectivity index (χ1v) is 8.22. The van der Waals surface area contributed by atoms with E-state index in [4.69, 9.17) is 0 Å². The SMILES string of the molecule is Cc1ccc(C(=O)CCC(=O)Nc2cccc(OC(F)F)c2C)cc1C. The third kappa shape index (κ3) is 5.12. The molecule has 0 aliphatic heterocycles. The summed E-state index contributed by atoms with van der Waals surface area (Å²) < 4.78 is 29.1. The Morgan fingerprint density at radius 3 is 2.42 bits per heavy atom. The number of ketones is 1. The fourth-order valence-corrected chi connectivity index (χ4v) is 2.47. The van der Waals surface area contributed by atoms with Crippen molar-refractivity contribution in [1.29, 1.82) is 0 Å². The van der Waals surface area contributed by atoms with Crippen LogP contribution >= 0.6 is 0 Å². The molecule has 2 rings (SSSR count). The van der Waals surface area contributed by atoms with Crippen LogP contribution in [0.25, 0.3) is 0 Å². The summed E-state index contributed by atoms with van der Waals surface area (Å²) in [7, 11) is 0. The highest BCUT2D eigenvalue weighted by atomic mass is 19.3. The van der Waals surface area contributed by atoms with Gasteiger partial charge in [-0.2, -0.15) is 8.78 Å². The number of alkyl halides is 2. The number of carbonyl (C=O) groups is 2. The molecule has 6 heteroatoms. The molecule has 0 aromatic heterocycles. The highest BCUT2D eigenvalue weighted by molar-refractivity contribution is 6.00. The zero-order valence-electron chi connectivity index (χ0n) is 14.9. The molecule has 0 spiro atoms. The molecule has 0 fully saturated rings. The molecule has 0 saturated heterocycles. The number of amides is 1. The van der Waals surface area contributed by atoms with Crippen molar-refractivity contribution in [2.75, 3.05) is 5.32 Å². The van der Waals surface area contributed by atoms with Crippen LogP contribution < -0.4 is 10.1 Å². The first-order valence-electron chi connectivity index (χ1n) is 8.22. The third-order valence-corrected chi connectivity index (χ3v) is 4.18. The molecule has 0 atom stereocenters. The van der Waals surface area contributed by atoms with Crippen molar-refractivity contribution in [3.05, 3.63) is 58.7 Å². The van der Waals surface area contributed by atoms with Gasteiger partial charge < -0.3 is 10.1 Å². The van der Waals surface area contributed by atoms with E-state index in [2.05, 4.69) is 10.1 Å². The van der Waals surface area contributed by atoms with E-state index in [0.29, 0.717) is 16.8 Å². The van der Waals surface area contributed by atoms with Crippen molar-refractivity contribution in [1.82, 2.24) is 0 Å². The molecule has 4 nitrogen and oxygen atoms in total. The Kier molecular flexibility index (Phi) is 6.44. The van der Waals surface area contributed by atoms with Crippen LogP contribution in [0.15, 0.2) is 36.4 Å². The molecule has 0 bridgehead atoms. The predicted octanol–water partition coefficient (Wildman–Crippen LogP) is 4.81. The Morgan fingerprint density at radius 2 is 1.77 bits per heavy atom. The van der Waals surface area contributed by atoms with Gasteiger partial charge in [0.1, 0.15) is 5.75 Å². The van der Waals surface area contributed by atoms with Gasteiger partial charge in [0.15, 0.2) is 5.78 Å². The molecule has 0 aliphatic carbocycles. The second kappa shape index (κ2) is 8.56. The number of hydrogen-bond acceptors (Lipinski definition) is 3. The van der Waals surface area contributed by atoms with E-state index < -0.39 is 6.61 Å². The molecule has 1 N–H and O–H groups in total. The summed E-state index contributed by atoms with van der Waals surface area (Å²) in [6, 6.07) is 9.95. The van der Waals surface area contributed by atoms with Gasteiger partial charge in [-0.3, -0.25) is 9.59 Å². The number of rotatable bonds is 7. The van der Waals surface area contributed by atoms with Crippen molar-refractivity contribution in [2.45, 2.75) is 40.2 Å². The maximum Gasteiger partial charge on any atom is 0.387 e. The van der Waals surface area contributed by atoms with E-state index in [1.807, 2.05) is 26.0 Å². The van der Waals surface area contributed by atoms with Gasteiger partial charge in [0.25, 0.3) is 0 Å². The molecule has 0 radical (unpaired) electrons. The molecule has 0 aliphatic rings. The summed E-state index contributed by atoms with van der Waals surface area (Å²) >= 11 is 0. The number of nitrogens with one attached hydrogen (secondary N) is 1. The minimum absolute atomic E-state index is 0.00371. The van der Waals surface area contributed by atoms with Crippen LogP contribution in [-0.4, -0.2) is 18.3 Å². The Balaban J connectivity index is 1.96. The molecule has 2 aromatic carbocycles. The average molecular weight is 361 g/mol. The first-order chi connectivity index (χ1) is 12.3. The number of hydrogen-bond donors (Lipinski definition) is 1. The summed E-state index contributed by atoms with van der Waals surface area (Å²) in [4.78, 5) is 24.3. The van der Waals surface area contributed by atoms with Crippen LogP contribution in [0.2, 0.25) is 0 Å². The van der Waals surface area contributed by atoms with Gasteiger partial charge in [0.2, 0.25) is 5.91 Å². The van der Waals surface area contributed by atoms with Gasteiger partial charge in [-0.25, -0.2) is 0 Å². The monoisotopic (exact) mass is 361 g/mol. The summed E-state index contributed by atoms with van der Waals surface area (Å²) in [6.45, 7) is 2.53. The summed E-state index contributed by atoms with van der Waals surface area (Å²) in [5, 5.41) is 2.64. The van der Waals surface area contributed by atoms with Crippen LogP contribution in [0.1, 0.15) is 39.9 Å². The number of benzene rings is 2. The van der Waals surface area contributed by atoms with Crippen LogP contribution in [-0.2, 0) is 4.79 Å². The lowest BCUT2D eigenvalue weighted by Crippen LogP contribution is -2.15. The fourth-order valence-electron chi connectivity index (χ4n) is 2.47. The fraction of sp³-hybridized carbons (Fsp3) is 0.300. The van der Waals surface area contributed by atoms with Crippen LogP contribution in [0.4, 0.5) is 14.5 Å². The van der Waals surface area contributed by atoms with E-state index in [-0.39, 0.29) is 30.3 Å². The largest absolute Gasteiger partial charge is 0.434 e. The topological polar surface area (TPSA) is 55.4 Å². The zero-order valence-corrected chi connectivity index (χ0v) is 14.9. The van der Waals surface area contributed by atoms with Crippen LogP contribution in [0.5, 0.6) is 5.75 Å². The van der Waals surface area contributed by atoms with Gasteiger partial charge in [0.05, 0.1) is 0 Å². The highest BCUT2D eigenvalue weighted by Crippen LogP contribution is 2.27. The zero-order chi connectivity index (χ0) is 19.3. The van der Waals surface area contributed by atoms with E-state index in [1.165, 1.54) is 12.1 Å². The number of aryl methyl sites for hydroxylation is 2. The summed E-state index contributed by atoms with van der Waals surface area (Å²) in [5.74, 6) is -0.474. The van der Waals surface area contributed by atoms with Crippen molar-refractivity contribution >= 4 is 17.4 Å².